The first-order valence-electron chi connectivity index (χ1n) is 12.0. The Bertz CT molecular complexity index is 1400. The maximum atomic E-state index is 13.2. The molecule has 37 heavy (non-hydrogen) atoms. The summed E-state index contributed by atoms with van der Waals surface area (Å²) >= 11 is 0. The Hall–Kier alpha value is -4.52. The van der Waals surface area contributed by atoms with Crippen LogP contribution < -0.4 is 15.5 Å². The zero-order chi connectivity index (χ0) is 26.2. The number of ether oxygens (including phenoxy) is 1. The van der Waals surface area contributed by atoms with E-state index in [1.165, 1.54) is 24.3 Å². The SMILES string of the molecule is CC(C)C(NC(=O)c1ccc(F)cc1)C(=O)NN=Cc1c(OCc2ccccc2)ccc2ccccc12. The Balaban J connectivity index is 1.51. The van der Waals surface area contributed by atoms with Crippen LogP contribution in [0.4, 0.5) is 4.39 Å². The summed E-state index contributed by atoms with van der Waals surface area (Å²) in [6, 6.07) is 25.8. The standard InChI is InChI=1S/C30H28FN3O3/c1-20(2)28(33-29(35)23-12-15-24(31)16-13-23)30(36)34-32-18-26-25-11-7-6-10-22(25)14-17-27(26)37-19-21-8-4-3-5-9-21/h3-18,20,28H,19H2,1-2H3,(H,33,35)(H,34,36). The van der Waals surface area contributed by atoms with Gasteiger partial charge in [-0.15, -0.1) is 0 Å². The molecule has 0 heterocycles. The van der Waals surface area contributed by atoms with Gasteiger partial charge >= 0.3 is 0 Å². The largest absolute Gasteiger partial charge is 0.488 e. The number of hydrogen-bond donors (Lipinski definition) is 2. The Morgan fingerprint density at radius 1 is 0.919 bits per heavy atom. The van der Waals surface area contributed by atoms with Crippen molar-refractivity contribution < 1.29 is 18.7 Å². The normalized spacial score (nSPS) is 12.0. The van der Waals surface area contributed by atoms with Gasteiger partial charge in [0.05, 0.1) is 6.21 Å². The number of amides is 2. The van der Waals surface area contributed by atoms with Crippen LogP contribution in [0.3, 0.4) is 0 Å². The zero-order valence-electron chi connectivity index (χ0n) is 20.6. The van der Waals surface area contributed by atoms with Gasteiger partial charge < -0.3 is 10.1 Å². The first kappa shape index (κ1) is 25.6. The highest BCUT2D eigenvalue weighted by Crippen LogP contribution is 2.27. The van der Waals surface area contributed by atoms with Gasteiger partial charge in [0.2, 0.25) is 0 Å². The first-order valence-corrected chi connectivity index (χ1v) is 12.0. The van der Waals surface area contributed by atoms with E-state index in [-0.39, 0.29) is 11.5 Å². The molecule has 0 fully saturated rings. The van der Waals surface area contributed by atoms with Crippen LogP contribution in [0.1, 0.15) is 35.3 Å². The number of nitrogens with zero attached hydrogens (tertiary/aromatic N) is 1. The minimum Gasteiger partial charge on any atom is -0.488 e. The minimum absolute atomic E-state index is 0.207. The number of nitrogens with one attached hydrogen (secondary N) is 2. The monoisotopic (exact) mass is 497 g/mol. The molecule has 0 spiro atoms. The van der Waals surface area contributed by atoms with Crippen molar-refractivity contribution in [3.63, 3.8) is 0 Å². The molecule has 0 bridgehead atoms. The average Bonchev–Trinajstić information content (AvgIpc) is 2.91. The van der Waals surface area contributed by atoms with Crippen LogP contribution in [-0.4, -0.2) is 24.1 Å². The van der Waals surface area contributed by atoms with Gasteiger partial charge in [-0.05, 0) is 52.6 Å². The topological polar surface area (TPSA) is 79.8 Å². The second-order valence-electron chi connectivity index (χ2n) is 8.91. The van der Waals surface area contributed by atoms with Gasteiger partial charge in [-0.25, -0.2) is 9.82 Å². The molecule has 1 unspecified atom stereocenters. The van der Waals surface area contributed by atoms with Crippen molar-refractivity contribution in [2.45, 2.75) is 26.5 Å². The van der Waals surface area contributed by atoms with E-state index in [0.29, 0.717) is 12.4 Å². The number of hydrazone groups is 1. The lowest BCUT2D eigenvalue weighted by molar-refractivity contribution is -0.123. The molecule has 0 saturated heterocycles. The molecule has 4 aromatic carbocycles. The van der Waals surface area contributed by atoms with Crippen LogP contribution in [0.25, 0.3) is 10.8 Å². The van der Waals surface area contributed by atoms with E-state index in [9.17, 15) is 14.0 Å². The van der Waals surface area contributed by atoms with Crippen LogP contribution in [0.2, 0.25) is 0 Å². The predicted molar refractivity (Wildman–Crippen MR) is 143 cm³/mol. The van der Waals surface area contributed by atoms with E-state index in [4.69, 9.17) is 4.74 Å². The first-order chi connectivity index (χ1) is 17.9. The third-order valence-electron chi connectivity index (χ3n) is 5.88. The molecule has 0 radical (unpaired) electrons. The van der Waals surface area contributed by atoms with Gasteiger partial charge in [0.25, 0.3) is 11.8 Å². The highest BCUT2D eigenvalue weighted by molar-refractivity contribution is 6.03. The maximum Gasteiger partial charge on any atom is 0.262 e. The third-order valence-corrected chi connectivity index (χ3v) is 5.88. The molecule has 4 aromatic rings. The second-order valence-corrected chi connectivity index (χ2v) is 8.91. The minimum atomic E-state index is -0.837. The smallest absolute Gasteiger partial charge is 0.262 e. The van der Waals surface area contributed by atoms with Crippen molar-refractivity contribution >= 4 is 28.8 Å². The van der Waals surface area contributed by atoms with E-state index in [1.807, 2.05) is 80.6 Å². The lowest BCUT2D eigenvalue weighted by Gasteiger charge is -2.20. The summed E-state index contributed by atoms with van der Waals surface area (Å²) < 4.78 is 19.3. The number of fused-ring (bicyclic) bond motifs is 1. The van der Waals surface area contributed by atoms with Gasteiger partial charge in [0.15, 0.2) is 0 Å². The summed E-state index contributed by atoms with van der Waals surface area (Å²) in [6.07, 6.45) is 1.56. The van der Waals surface area contributed by atoms with E-state index in [0.717, 1.165) is 21.9 Å². The summed E-state index contributed by atoms with van der Waals surface area (Å²) in [5.41, 5.74) is 4.57. The molecule has 7 heteroatoms. The molecule has 4 rings (SSSR count). The van der Waals surface area contributed by atoms with Gasteiger partial charge in [-0.2, -0.15) is 5.10 Å². The predicted octanol–water partition coefficient (Wildman–Crippen LogP) is 5.46. The summed E-state index contributed by atoms with van der Waals surface area (Å²) in [4.78, 5) is 25.5. The highest BCUT2D eigenvalue weighted by atomic mass is 19.1. The Morgan fingerprint density at radius 3 is 2.35 bits per heavy atom. The number of rotatable bonds is 9. The average molecular weight is 498 g/mol. The molecule has 0 aliphatic rings. The summed E-state index contributed by atoms with van der Waals surface area (Å²) in [7, 11) is 0. The third kappa shape index (κ3) is 6.58. The van der Waals surface area contributed by atoms with Crippen molar-refractivity contribution in [2.75, 3.05) is 0 Å². The molecule has 2 N–H and O–H groups in total. The van der Waals surface area contributed by atoms with Gasteiger partial charge in [0, 0.05) is 11.1 Å². The molecule has 2 amide bonds. The van der Waals surface area contributed by atoms with Crippen molar-refractivity contribution in [3.05, 3.63) is 114 Å². The fourth-order valence-electron chi connectivity index (χ4n) is 3.86. The van der Waals surface area contributed by atoms with Gasteiger partial charge in [0.1, 0.15) is 24.2 Å². The molecular weight excluding hydrogens is 469 g/mol. The molecule has 0 aliphatic heterocycles. The summed E-state index contributed by atoms with van der Waals surface area (Å²) in [5.74, 6) is -0.950. The number of carbonyl (C=O) groups is 2. The van der Waals surface area contributed by atoms with Crippen molar-refractivity contribution in [3.8, 4) is 5.75 Å². The summed E-state index contributed by atoms with van der Waals surface area (Å²) in [5, 5.41) is 8.84. The van der Waals surface area contributed by atoms with Crippen LogP contribution in [0.15, 0.2) is 96.1 Å². The lowest BCUT2D eigenvalue weighted by Crippen LogP contribution is -2.48. The molecule has 0 aliphatic carbocycles. The van der Waals surface area contributed by atoms with E-state index >= 15 is 0 Å². The van der Waals surface area contributed by atoms with Crippen molar-refractivity contribution in [2.24, 2.45) is 11.0 Å². The Morgan fingerprint density at radius 2 is 1.62 bits per heavy atom. The quantitative estimate of drug-likeness (QED) is 0.238. The van der Waals surface area contributed by atoms with Gasteiger partial charge in [-0.3, -0.25) is 9.59 Å². The lowest BCUT2D eigenvalue weighted by atomic mass is 10.0. The number of hydrogen-bond acceptors (Lipinski definition) is 4. The molecule has 0 saturated carbocycles. The molecule has 188 valence electrons. The number of benzene rings is 4. The van der Waals surface area contributed by atoms with Crippen LogP contribution in [-0.2, 0) is 11.4 Å². The van der Waals surface area contributed by atoms with Crippen molar-refractivity contribution in [1.29, 1.82) is 0 Å². The second kappa shape index (κ2) is 11.9. The molecule has 0 aromatic heterocycles. The fourth-order valence-corrected chi connectivity index (χ4v) is 3.86. The highest BCUT2D eigenvalue weighted by Gasteiger charge is 2.24. The van der Waals surface area contributed by atoms with E-state index in [2.05, 4.69) is 15.8 Å². The summed E-state index contributed by atoms with van der Waals surface area (Å²) in [6.45, 7) is 4.02. The molecular formula is C30H28FN3O3. The molecule has 1 atom stereocenters. The molecule has 6 nitrogen and oxygen atoms in total. The van der Waals surface area contributed by atoms with Crippen LogP contribution in [0, 0.1) is 11.7 Å². The van der Waals surface area contributed by atoms with Crippen LogP contribution in [0.5, 0.6) is 5.75 Å². The van der Waals surface area contributed by atoms with Crippen molar-refractivity contribution in [1.82, 2.24) is 10.7 Å². The Kier molecular flexibility index (Phi) is 8.26. The number of halogens is 1. The number of carbonyl (C=O) groups excluding carboxylic acids is 2. The van der Waals surface area contributed by atoms with E-state index in [1.54, 1.807) is 6.21 Å². The van der Waals surface area contributed by atoms with Crippen LogP contribution >= 0.6 is 0 Å². The maximum absolute atomic E-state index is 13.2. The Labute approximate surface area is 215 Å². The zero-order valence-corrected chi connectivity index (χ0v) is 20.6. The van der Waals surface area contributed by atoms with E-state index < -0.39 is 23.7 Å². The fraction of sp³-hybridized carbons (Fsp3) is 0.167. The van der Waals surface area contributed by atoms with Gasteiger partial charge in [-0.1, -0.05) is 74.5 Å².